The van der Waals surface area contributed by atoms with Crippen LogP contribution in [0.2, 0.25) is 0 Å². The van der Waals surface area contributed by atoms with Gasteiger partial charge in [-0.15, -0.1) is 0 Å². The molecule has 2 aromatic carbocycles. The summed E-state index contributed by atoms with van der Waals surface area (Å²) in [6.07, 6.45) is 6.77. The third kappa shape index (κ3) is 1.57. The molecule has 1 unspecified atom stereocenters. The number of benzene rings is 2. The lowest BCUT2D eigenvalue weighted by atomic mass is 10.0. The van der Waals surface area contributed by atoms with Crippen LogP contribution in [0.3, 0.4) is 0 Å². The molecule has 1 aliphatic carbocycles. The molecule has 0 heterocycles. The Morgan fingerprint density at radius 2 is 1.75 bits per heavy atom. The fourth-order valence-corrected chi connectivity index (χ4v) is 2.21. The number of allylic oxidation sites excluding steroid dienone is 4. The zero-order valence-electron chi connectivity index (χ0n) is 9.35. The van der Waals surface area contributed by atoms with Gasteiger partial charge in [0.2, 0.25) is 0 Å². The lowest BCUT2D eigenvalue weighted by Gasteiger charge is -2.03. The molecule has 78 valence electrons. The van der Waals surface area contributed by atoms with E-state index in [9.17, 15) is 0 Å². The van der Waals surface area contributed by atoms with Gasteiger partial charge in [0.25, 0.3) is 0 Å². The minimum Gasteiger partial charge on any atom is -0.0773 e. The van der Waals surface area contributed by atoms with Crippen LogP contribution in [0.1, 0.15) is 12.5 Å². The summed E-state index contributed by atoms with van der Waals surface area (Å²) in [4.78, 5) is 0. The smallest absolute Gasteiger partial charge is 0.00693 e. The molecule has 0 N–H and O–H groups in total. The molecule has 0 bridgehead atoms. The highest BCUT2D eigenvalue weighted by Gasteiger charge is 2.06. The molecular formula is C16H14. The van der Waals surface area contributed by atoms with Crippen molar-refractivity contribution in [2.75, 3.05) is 0 Å². The Morgan fingerprint density at radius 3 is 2.50 bits per heavy atom. The highest BCUT2D eigenvalue weighted by molar-refractivity contribution is 5.88. The Balaban J connectivity index is 2.12. The molecule has 0 aliphatic heterocycles. The van der Waals surface area contributed by atoms with Crippen molar-refractivity contribution in [3.8, 4) is 0 Å². The van der Waals surface area contributed by atoms with E-state index in [4.69, 9.17) is 0 Å². The Labute approximate surface area is 95.9 Å². The lowest BCUT2D eigenvalue weighted by Crippen LogP contribution is -1.81. The summed E-state index contributed by atoms with van der Waals surface area (Å²) < 4.78 is 0. The third-order valence-electron chi connectivity index (χ3n) is 3.10. The summed E-state index contributed by atoms with van der Waals surface area (Å²) in [7, 11) is 0. The van der Waals surface area contributed by atoms with E-state index in [1.165, 1.54) is 21.9 Å². The van der Waals surface area contributed by atoms with Crippen LogP contribution in [0, 0.1) is 5.92 Å². The van der Waals surface area contributed by atoms with E-state index in [0.717, 1.165) is 0 Å². The molecule has 0 nitrogen and oxygen atoms in total. The predicted octanol–water partition coefficient (Wildman–Crippen LogP) is 4.43. The first-order chi connectivity index (χ1) is 7.83. The fourth-order valence-electron chi connectivity index (χ4n) is 2.21. The van der Waals surface area contributed by atoms with Gasteiger partial charge >= 0.3 is 0 Å². The average molecular weight is 206 g/mol. The lowest BCUT2D eigenvalue weighted by molar-refractivity contribution is 0.959. The molecular weight excluding hydrogens is 192 g/mol. The second kappa shape index (κ2) is 3.64. The average Bonchev–Trinajstić information content (AvgIpc) is 2.75. The summed E-state index contributed by atoms with van der Waals surface area (Å²) in [5.41, 5.74) is 2.66. The van der Waals surface area contributed by atoms with E-state index in [2.05, 4.69) is 67.6 Å². The largest absolute Gasteiger partial charge is 0.0773 e. The quantitative estimate of drug-likeness (QED) is 0.647. The number of hydrogen-bond acceptors (Lipinski definition) is 0. The van der Waals surface area contributed by atoms with Crippen LogP contribution >= 0.6 is 0 Å². The molecule has 0 aromatic heterocycles. The van der Waals surface area contributed by atoms with Gasteiger partial charge in [-0.05, 0) is 33.9 Å². The van der Waals surface area contributed by atoms with Crippen LogP contribution in [0.15, 0.2) is 60.7 Å². The zero-order valence-corrected chi connectivity index (χ0v) is 9.35. The summed E-state index contributed by atoms with van der Waals surface area (Å²) in [6.45, 7) is 2.21. The van der Waals surface area contributed by atoms with Crippen molar-refractivity contribution in [1.29, 1.82) is 0 Å². The van der Waals surface area contributed by atoms with Crippen LogP contribution in [-0.4, -0.2) is 0 Å². The zero-order chi connectivity index (χ0) is 11.0. The highest BCUT2D eigenvalue weighted by atomic mass is 14.1. The molecule has 3 rings (SSSR count). The maximum atomic E-state index is 2.31. The van der Waals surface area contributed by atoms with E-state index in [1.807, 2.05) is 0 Å². The molecule has 0 saturated heterocycles. The van der Waals surface area contributed by atoms with Gasteiger partial charge in [-0.3, -0.25) is 0 Å². The van der Waals surface area contributed by atoms with Gasteiger partial charge in [-0.25, -0.2) is 0 Å². The van der Waals surface area contributed by atoms with Crippen molar-refractivity contribution in [3.63, 3.8) is 0 Å². The Hall–Kier alpha value is -1.82. The van der Waals surface area contributed by atoms with Crippen molar-refractivity contribution in [1.82, 2.24) is 0 Å². The maximum absolute atomic E-state index is 2.31. The Bertz CT molecular complexity index is 588. The Kier molecular flexibility index (Phi) is 2.14. The van der Waals surface area contributed by atoms with Crippen LogP contribution < -0.4 is 0 Å². The summed E-state index contributed by atoms with van der Waals surface area (Å²) in [5.74, 6) is 0.571. The SMILES string of the molecule is CC1C=CC(c2ccc3ccccc3c2)=C1. The summed E-state index contributed by atoms with van der Waals surface area (Å²) >= 11 is 0. The molecule has 0 radical (unpaired) electrons. The van der Waals surface area contributed by atoms with Crippen molar-refractivity contribution in [2.24, 2.45) is 5.92 Å². The number of fused-ring (bicyclic) bond motifs is 1. The first-order valence-electron chi connectivity index (χ1n) is 5.72. The van der Waals surface area contributed by atoms with Crippen LogP contribution in [0.25, 0.3) is 16.3 Å². The third-order valence-corrected chi connectivity index (χ3v) is 3.10. The van der Waals surface area contributed by atoms with E-state index < -0.39 is 0 Å². The standard InChI is InChI=1S/C16H14/c1-12-6-7-15(10-12)16-9-8-13-4-2-3-5-14(13)11-16/h2-12H,1H3. The molecule has 1 aliphatic rings. The topological polar surface area (TPSA) is 0 Å². The van der Waals surface area contributed by atoms with Gasteiger partial charge in [-0.1, -0.05) is 61.5 Å². The number of hydrogen-bond donors (Lipinski definition) is 0. The van der Waals surface area contributed by atoms with Crippen molar-refractivity contribution in [3.05, 3.63) is 66.3 Å². The van der Waals surface area contributed by atoms with Crippen LogP contribution in [0.4, 0.5) is 0 Å². The fraction of sp³-hybridized carbons (Fsp3) is 0.125. The first-order valence-corrected chi connectivity index (χ1v) is 5.72. The van der Waals surface area contributed by atoms with Crippen molar-refractivity contribution in [2.45, 2.75) is 6.92 Å². The van der Waals surface area contributed by atoms with E-state index in [0.29, 0.717) is 5.92 Å². The minimum atomic E-state index is 0.571. The van der Waals surface area contributed by atoms with Crippen LogP contribution in [0.5, 0.6) is 0 Å². The molecule has 0 saturated carbocycles. The van der Waals surface area contributed by atoms with Gasteiger partial charge in [0.1, 0.15) is 0 Å². The normalized spacial score (nSPS) is 19.1. The van der Waals surface area contributed by atoms with E-state index >= 15 is 0 Å². The number of rotatable bonds is 1. The monoisotopic (exact) mass is 206 g/mol. The molecule has 0 amide bonds. The highest BCUT2D eigenvalue weighted by Crippen LogP contribution is 2.27. The summed E-state index contributed by atoms with van der Waals surface area (Å²) in [6, 6.07) is 15.2. The molecule has 0 heteroatoms. The van der Waals surface area contributed by atoms with Gasteiger partial charge in [0.05, 0.1) is 0 Å². The van der Waals surface area contributed by atoms with Crippen molar-refractivity contribution >= 4 is 16.3 Å². The Morgan fingerprint density at radius 1 is 0.938 bits per heavy atom. The molecule has 0 fully saturated rings. The molecule has 1 atom stereocenters. The predicted molar refractivity (Wildman–Crippen MR) is 70.2 cm³/mol. The van der Waals surface area contributed by atoms with Crippen LogP contribution in [-0.2, 0) is 0 Å². The molecule has 16 heavy (non-hydrogen) atoms. The van der Waals surface area contributed by atoms with E-state index in [1.54, 1.807) is 0 Å². The molecule has 2 aromatic rings. The second-order valence-electron chi connectivity index (χ2n) is 4.40. The minimum absolute atomic E-state index is 0.571. The second-order valence-corrected chi connectivity index (χ2v) is 4.40. The van der Waals surface area contributed by atoms with Gasteiger partial charge in [0, 0.05) is 0 Å². The van der Waals surface area contributed by atoms with E-state index in [-0.39, 0.29) is 0 Å². The maximum Gasteiger partial charge on any atom is -0.00693 e. The van der Waals surface area contributed by atoms with Gasteiger partial charge in [-0.2, -0.15) is 0 Å². The van der Waals surface area contributed by atoms with Crippen molar-refractivity contribution < 1.29 is 0 Å². The van der Waals surface area contributed by atoms with Gasteiger partial charge in [0.15, 0.2) is 0 Å². The summed E-state index contributed by atoms with van der Waals surface area (Å²) in [5, 5.41) is 2.62. The van der Waals surface area contributed by atoms with Gasteiger partial charge < -0.3 is 0 Å². The first kappa shape index (κ1) is 9.41. The molecule has 0 spiro atoms.